The van der Waals surface area contributed by atoms with Crippen molar-refractivity contribution >= 4 is 17.7 Å². The van der Waals surface area contributed by atoms with E-state index in [0.717, 1.165) is 18.6 Å². The summed E-state index contributed by atoms with van der Waals surface area (Å²) in [5.41, 5.74) is 8.72. The second-order valence-electron chi connectivity index (χ2n) is 7.25. The smallest absolute Gasteiger partial charge is 0.230 e. The summed E-state index contributed by atoms with van der Waals surface area (Å²) in [7, 11) is 0. The van der Waals surface area contributed by atoms with Crippen LogP contribution < -0.4 is 11.1 Å². The van der Waals surface area contributed by atoms with E-state index in [-0.39, 0.29) is 5.91 Å². The Morgan fingerprint density at radius 2 is 1.87 bits per heavy atom. The third-order valence-corrected chi connectivity index (χ3v) is 6.33. The number of carbonyl (C=O) groups excluding carboxylic acids is 1. The molecule has 0 spiro atoms. The Morgan fingerprint density at radius 3 is 2.52 bits per heavy atom. The second-order valence-corrected chi connectivity index (χ2v) is 8.24. The van der Waals surface area contributed by atoms with E-state index >= 15 is 0 Å². The Hall–Kier alpha value is -1.00. The molecule has 3 rings (SSSR count). The lowest BCUT2D eigenvalue weighted by molar-refractivity contribution is -0.120. The zero-order valence-corrected chi connectivity index (χ0v) is 14.8. The first-order chi connectivity index (χ1) is 11.1. The molecule has 2 saturated carbocycles. The van der Waals surface area contributed by atoms with Gasteiger partial charge in [0.25, 0.3) is 0 Å². The Bertz CT molecular complexity index is 517. The van der Waals surface area contributed by atoms with Crippen LogP contribution in [0.15, 0.2) is 24.3 Å². The van der Waals surface area contributed by atoms with Crippen LogP contribution in [0.4, 0.5) is 0 Å². The average Bonchev–Trinajstić information content (AvgIpc) is 2.50. The highest BCUT2D eigenvalue weighted by Crippen LogP contribution is 2.39. The number of nitrogens with two attached hydrogens (primary N) is 1. The van der Waals surface area contributed by atoms with Gasteiger partial charge in [0.15, 0.2) is 0 Å². The molecule has 2 aliphatic carbocycles. The summed E-state index contributed by atoms with van der Waals surface area (Å²) in [6, 6.07) is 9.26. The number of nitrogens with one attached hydrogen (secondary N) is 1. The van der Waals surface area contributed by atoms with Crippen molar-refractivity contribution in [2.45, 2.75) is 56.9 Å². The maximum atomic E-state index is 12.3. The van der Waals surface area contributed by atoms with Crippen molar-refractivity contribution in [3.8, 4) is 0 Å². The van der Waals surface area contributed by atoms with Gasteiger partial charge in [-0.3, -0.25) is 4.79 Å². The highest BCUT2D eigenvalue weighted by Gasteiger charge is 2.39. The van der Waals surface area contributed by atoms with Crippen molar-refractivity contribution in [2.75, 3.05) is 5.75 Å². The zero-order valence-electron chi connectivity index (χ0n) is 14.0. The fraction of sp³-hybridized carbons (Fsp3) is 0.632. The van der Waals surface area contributed by atoms with Crippen LogP contribution in [-0.4, -0.2) is 23.7 Å². The van der Waals surface area contributed by atoms with Crippen LogP contribution in [0.25, 0.3) is 0 Å². The van der Waals surface area contributed by atoms with Crippen LogP contribution >= 0.6 is 11.8 Å². The number of hydrogen-bond donors (Lipinski definition) is 2. The molecule has 0 aromatic heterocycles. The maximum Gasteiger partial charge on any atom is 0.230 e. The minimum Gasteiger partial charge on any atom is -0.352 e. The Balaban J connectivity index is 1.45. The van der Waals surface area contributed by atoms with Crippen LogP contribution in [0.3, 0.4) is 0 Å². The van der Waals surface area contributed by atoms with Crippen LogP contribution in [-0.2, 0) is 10.5 Å². The van der Waals surface area contributed by atoms with Crippen molar-refractivity contribution in [3.05, 3.63) is 35.4 Å². The van der Waals surface area contributed by atoms with Gasteiger partial charge in [-0.25, -0.2) is 0 Å². The van der Waals surface area contributed by atoms with Gasteiger partial charge >= 0.3 is 0 Å². The normalized spacial score (nSPS) is 30.0. The number of rotatable bonds is 5. The quantitative estimate of drug-likeness (QED) is 0.870. The van der Waals surface area contributed by atoms with Gasteiger partial charge in [0.2, 0.25) is 5.91 Å². The van der Waals surface area contributed by atoms with Crippen LogP contribution in [0.1, 0.15) is 43.2 Å². The van der Waals surface area contributed by atoms with E-state index in [2.05, 4.69) is 36.5 Å². The largest absolute Gasteiger partial charge is 0.352 e. The van der Waals surface area contributed by atoms with Gasteiger partial charge in [-0.1, -0.05) is 36.2 Å². The van der Waals surface area contributed by atoms with E-state index in [0.29, 0.717) is 29.7 Å². The maximum absolute atomic E-state index is 12.3. The molecule has 126 valence electrons. The molecule has 3 nitrogen and oxygen atoms in total. The van der Waals surface area contributed by atoms with E-state index in [1.807, 2.05) is 0 Å². The van der Waals surface area contributed by atoms with Crippen molar-refractivity contribution in [1.82, 2.24) is 5.32 Å². The molecular weight excluding hydrogens is 304 g/mol. The lowest BCUT2D eigenvalue weighted by Crippen LogP contribution is -2.54. The van der Waals surface area contributed by atoms with Gasteiger partial charge in [-0.05, 0) is 50.0 Å². The lowest BCUT2D eigenvalue weighted by Gasteiger charge is -2.45. The number of benzene rings is 1. The fourth-order valence-electron chi connectivity index (χ4n) is 4.20. The molecule has 1 amide bonds. The number of fused-ring (bicyclic) bond motifs is 2. The van der Waals surface area contributed by atoms with Crippen molar-refractivity contribution < 1.29 is 4.79 Å². The Labute approximate surface area is 143 Å². The predicted molar refractivity (Wildman–Crippen MR) is 97.3 cm³/mol. The molecule has 2 bridgehead atoms. The molecule has 0 saturated heterocycles. The summed E-state index contributed by atoms with van der Waals surface area (Å²) in [5, 5.41) is 3.32. The zero-order chi connectivity index (χ0) is 16.2. The van der Waals surface area contributed by atoms with Crippen molar-refractivity contribution in [1.29, 1.82) is 0 Å². The van der Waals surface area contributed by atoms with E-state index in [1.165, 1.54) is 30.4 Å². The summed E-state index contributed by atoms with van der Waals surface area (Å²) in [6.07, 6.45) is 5.92. The van der Waals surface area contributed by atoms with Gasteiger partial charge in [-0.15, -0.1) is 11.8 Å². The minimum absolute atomic E-state index is 0.194. The topological polar surface area (TPSA) is 55.1 Å². The van der Waals surface area contributed by atoms with Crippen molar-refractivity contribution in [3.63, 3.8) is 0 Å². The molecule has 0 radical (unpaired) electrons. The number of amides is 1. The van der Waals surface area contributed by atoms with Crippen LogP contribution in [0, 0.1) is 18.8 Å². The SMILES string of the molecule is Cc1ccc(CSCC(=O)NC2C3CCCC2CC(N)C3)cc1. The summed E-state index contributed by atoms with van der Waals surface area (Å²) in [4.78, 5) is 12.3. The molecule has 1 aromatic rings. The molecule has 0 heterocycles. The third kappa shape index (κ3) is 4.51. The van der Waals surface area contributed by atoms with E-state index in [9.17, 15) is 4.79 Å². The monoisotopic (exact) mass is 332 g/mol. The summed E-state index contributed by atoms with van der Waals surface area (Å²) in [5.74, 6) is 2.85. The standard InChI is InChI=1S/C19H28N2OS/c1-13-5-7-14(8-6-13)11-23-12-18(22)21-19-15-3-2-4-16(19)10-17(20)9-15/h5-8,15-17,19H,2-4,9-12,20H2,1H3,(H,21,22). The van der Waals surface area contributed by atoms with Gasteiger partial charge in [0.05, 0.1) is 5.75 Å². The Morgan fingerprint density at radius 1 is 1.22 bits per heavy atom. The first-order valence-electron chi connectivity index (χ1n) is 8.80. The van der Waals surface area contributed by atoms with Gasteiger partial charge in [0.1, 0.15) is 0 Å². The molecule has 1 aromatic carbocycles. The van der Waals surface area contributed by atoms with Gasteiger partial charge < -0.3 is 11.1 Å². The molecule has 2 atom stereocenters. The third-order valence-electron chi connectivity index (χ3n) is 5.33. The van der Waals surface area contributed by atoms with E-state index in [1.54, 1.807) is 11.8 Å². The second kappa shape index (κ2) is 7.71. The van der Waals surface area contributed by atoms with Gasteiger partial charge in [-0.2, -0.15) is 0 Å². The highest BCUT2D eigenvalue weighted by molar-refractivity contribution is 7.99. The van der Waals surface area contributed by atoms with E-state index in [4.69, 9.17) is 5.73 Å². The molecule has 0 aliphatic heterocycles. The first kappa shape index (κ1) is 16.8. The highest BCUT2D eigenvalue weighted by atomic mass is 32.2. The molecule has 2 aliphatic rings. The molecule has 23 heavy (non-hydrogen) atoms. The lowest BCUT2D eigenvalue weighted by atomic mass is 9.67. The number of thioether (sulfide) groups is 1. The van der Waals surface area contributed by atoms with Crippen molar-refractivity contribution in [2.24, 2.45) is 17.6 Å². The predicted octanol–water partition coefficient (Wildman–Crippen LogP) is 3.25. The minimum atomic E-state index is 0.194. The first-order valence-corrected chi connectivity index (χ1v) is 9.95. The number of carbonyl (C=O) groups is 1. The molecule has 2 fully saturated rings. The molecular formula is C19H28N2OS. The summed E-state index contributed by atoms with van der Waals surface area (Å²) >= 11 is 1.70. The molecule has 4 heteroatoms. The fourth-order valence-corrected chi connectivity index (χ4v) is 5.00. The molecule has 2 unspecified atom stereocenters. The Kier molecular flexibility index (Phi) is 5.65. The average molecular weight is 333 g/mol. The number of hydrogen-bond acceptors (Lipinski definition) is 3. The summed E-state index contributed by atoms with van der Waals surface area (Å²) in [6.45, 7) is 2.09. The summed E-state index contributed by atoms with van der Waals surface area (Å²) < 4.78 is 0. The van der Waals surface area contributed by atoms with Crippen LogP contribution in [0.5, 0.6) is 0 Å². The van der Waals surface area contributed by atoms with Gasteiger partial charge in [0, 0.05) is 17.8 Å². The van der Waals surface area contributed by atoms with Crippen LogP contribution in [0.2, 0.25) is 0 Å². The number of aryl methyl sites for hydroxylation is 1. The van der Waals surface area contributed by atoms with E-state index < -0.39 is 0 Å². The molecule has 3 N–H and O–H groups in total.